The van der Waals surface area contributed by atoms with E-state index in [2.05, 4.69) is 0 Å². The first kappa shape index (κ1) is 9.09. The second-order valence-corrected chi connectivity index (χ2v) is 3.28. The van der Waals surface area contributed by atoms with Gasteiger partial charge in [0.2, 0.25) is 0 Å². The number of rotatable bonds is 2. The molecule has 0 bridgehead atoms. The van der Waals surface area contributed by atoms with Crippen molar-refractivity contribution in [3.8, 4) is 11.1 Å². The van der Waals surface area contributed by atoms with E-state index < -0.39 is 11.8 Å². The van der Waals surface area contributed by atoms with E-state index in [1.165, 1.54) is 6.07 Å². The number of benzene rings is 2. The Labute approximate surface area is 93.4 Å². The second kappa shape index (κ2) is 4.14. The molecule has 16 heavy (non-hydrogen) atoms. The summed E-state index contributed by atoms with van der Waals surface area (Å²) < 4.78 is 21.3. The van der Waals surface area contributed by atoms with E-state index in [4.69, 9.17) is 6.48 Å². The Morgan fingerprint density at radius 3 is 2.56 bits per heavy atom. The number of hydrogen-bond donors (Lipinski definition) is 1. The predicted molar refractivity (Wildman–Crippen MR) is 58.8 cm³/mol. The largest absolute Gasteiger partial charge is 0.478 e. The molecule has 0 saturated heterocycles. The summed E-state index contributed by atoms with van der Waals surface area (Å²) >= 11 is 0. The van der Waals surface area contributed by atoms with Gasteiger partial charge < -0.3 is 5.11 Å². The lowest BCUT2D eigenvalue weighted by molar-refractivity contribution is 0.0696. The summed E-state index contributed by atoms with van der Waals surface area (Å²) in [6, 6.07) is 10.6. The highest BCUT2D eigenvalue weighted by Gasteiger charge is 2.09. The lowest BCUT2D eigenvalue weighted by atomic mass is 10.0. The van der Waals surface area contributed by atoms with Gasteiger partial charge in [0.15, 0.2) is 0 Å². The van der Waals surface area contributed by atoms with Gasteiger partial charge in [-0.05, 0) is 17.7 Å². The third-order valence-electron chi connectivity index (χ3n) is 2.22. The molecule has 1 N–H and O–H groups in total. The predicted octanol–water partition coefficient (Wildman–Crippen LogP) is 3.19. The highest BCUT2D eigenvalue weighted by atomic mass is 19.1. The van der Waals surface area contributed by atoms with Gasteiger partial charge in [0.1, 0.15) is 5.82 Å². The van der Waals surface area contributed by atoms with Crippen molar-refractivity contribution in [1.29, 1.82) is 0 Å². The molecule has 2 aromatic carbocycles. The highest BCUT2D eigenvalue weighted by Crippen LogP contribution is 2.23. The molecule has 0 aliphatic heterocycles. The fourth-order valence-electron chi connectivity index (χ4n) is 1.43. The second-order valence-electron chi connectivity index (χ2n) is 3.28. The maximum Gasteiger partial charge on any atom is 0.335 e. The number of hydrogen-bond acceptors (Lipinski definition) is 1. The number of carboxylic acids is 1. The summed E-state index contributed by atoms with van der Waals surface area (Å²) in [5.74, 6) is -1.93. The summed E-state index contributed by atoms with van der Waals surface area (Å²) in [4.78, 5) is 10.7. The quantitative estimate of drug-likeness (QED) is 0.838. The minimum atomic E-state index is -1.30. The molecular weight excluding hydrogens is 207 g/mol. The van der Waals surface area contributed by atoms with Crippen LogP contribution in [0.3, 0.4) is 0 Å². The monoisotopic (exact) mass is 217 g/mol. The van der Waals surface area contributed by atoms with Gasteiger partial charge in [0.05, 0.1) is 6.93 Å². The Kier molecular flexibility index (Phi) is 2.36. The molecular formula is C13H9FO2. The van der Waals surface area contributed by atoms with Crippen molar-refractivity contribution in [1.82, 2.24) is 0 Å². The third kappa shape index (κ3) is 1.93. The average molecular weight is 217 g/mol. The topological polar surface area (TPSA) is 37.3 Å². The molecule has 0 aliphatic carbocycles. The minimum Gasteiger partial charge on any atom is -0.478 e. The first-order valence-corrected chi connectivity index (χ1v) is 4.68. The van der Waals surface area contributed by atoms with Crippen LogP contribution < -0.4 is 0 Å². The van der Waals surface area contributed by atoms with Crippen molar-refractivity contribution >= 4 is 5.97 Å². The van der Waals surface area contributed by atoms with Crippen molar-refractivity contribution in [2.24, 2.45) is 0 Å². The summed E-state index contributed by atoms with van der Waals surface area (Å²) in [7, 11) is 0. The van der Waals surface area contributed by atoms with Crippen molar-refractivity contribution in [2.75, 3.05) is 0 Å². The standard InChI is InChI=1S/C13H9FO2/c14-12-8-10(13(15)16)6-7-11(12)9-4-2-1-3-5-9/h1-8H,(H,15,16)/i6D. The van der Waals surface area contributed by atoms with Gasteiger partial charge in [-0.15, -0.1) is 0 Å². The van der Waals surface area contributed by atoms with Crippen LogP contribution in [-0.2, 0) is 0 Å². The van der Waals surface area contributed by atoms with E-state index in [0.29, 0.717) is 5.56 Å². The van der Waals surface area contributed by atoms with Gasteiger partial charge in [-0.2, -0.15) is 0 Å². The molecule has 0 spiro atoms. The van der Waals surface area contributed by atoms with Crippen molar-refractivity contribution in [3.05, 3.63) is 59.9 Å². The first-order chi connectivity index (χ1) is 8.09. The zero-order valence-corrected chi connectivity index (χ0v) is 8.27. The van der Waals surface area contributed by atoms with E-state index in [1.54, 1.807) is 30.3 Å². The molecule has 80 valence electrons. The van der Waals surface area contributed by atoms with Gasteiger partial charge in [0, 0.05) is 5.56 Å². The van der Waals surface area contributed by atoms with Crippen molar-refractivity contribution in [3.63, 3.8) is 0 Å². The molecule has 2 aromatic rings. The van der Waals surface area contributed by atoms with Gasteiger partial charge >= 0.3 is 5.97 Å². The lowest BCUT2D eigenvalue weighted by Crippen LogP contribution is -1.97. The fourth-order valence-corrected chi connectivity index (χ4v) is 1.43. The Morgan fingerprint density at radius 1 is 1.25 bits per heavy atom. The Hall–Kier alpha value is -2.16. The molecule has 3 heteroatoms. The van der Waals surface area contributed by atoms with E-state index in [1.807, 2.05) is 0 Å². The SMILES string of the molecule is [2H]c1cc(-c2ccccc2)c(F)cc1C(=O)O. The Morgan fingerprint density at radius 2 is 1.94 bits per heavy atom. The maximum absolute atomic E-state index is 13.7. The Balaban J connectivity index is 2.58. The average Bonchev–Trinajstić information content (AvgIpc) is 2.32. The number of halogens is 1. The van der Waals surface area contributed by atoms with Crippen molar-refractivity contribution < 1.29 is 15.7 Å². The highest BCUT2D eigenvalue weighted by molar-refractivity contribution is 5.88. The van der Waals surface area contributed by atoms with Gasteiger partial charge in [-0.3, -0.25) is 0 Å². The minimum absolute atomic E-state index is 0.197. The van der Waals surface area contributed by atoms with Gasteiger partial charge in [-0.25, -0.2) is 9.18 Å². The number of carboxylic acid groups (broad SMARTS) is 1. The van der Waals surface area contributed by atoms with Crippen molar-refractivity contribution in [2.45, 2.75) is 0 Å². The lowest BCUT2D eigenvalue weighted by Gasteiger charge is -2.03. The Bertz CT molecular complexity index is 567. The van der Waals surface area contributed by atoms with Crippen LogP contribution in [0.15, 0.2) is 48.5 Å². The number of carbonyl (C=O) groups is 1. The first-order valence-electron chi connectivity index (χ1n) is 5.18. The van der Waals surface area contributed by atoms with Crippen LogP contribution in [-0.4, -0.2) is 11.1 Å². The van der Waals surface area contributed by atoms with E-state index in [0.717, 1.165) is 6.07 Å². The summed E-state index contributed by atoms with van der Waals surface area (Å²) in [6.07, 6.45) is 0. The summed E-state index contributed by atoms with van der Waals surface area (Å²) in [5.41, 5.74) is 0.526. The molecule has 0 atom stereocenters. The normalized spacial score (nSPS) is 10.9. The van der Waals surface area contributed by atoms with Crippen LogP contribution in [0.2, 0.25) is 0 Å². The molecule has 0 unspecified atom stereocenters. The summed E-state index contributed by atoms with van der Waals surface area (Å²) in [6.45, 7) is 0. The molecule has 2 nitrogen and oxygen atoms in total. The molecule has 2 rings (SSSR count). The van der Waals surface area contributed by atoms with Gasteiger partial charge in [0.25, 0.3) is 0 Å². The van der Waals surface area contributed by atoms with Crippen LogP contribution in [0.4, 0.5) is 4.39 Å². The third-order valence-corrected chi connectivity index (χ3v) is 2.22. The molecule has 0 heterocycles. The maximum atomic E-state index is 13.7. The van der Waals surface area contributed by atoms with E-state index >= 15 is 0 Å². The van der Waals surface area contributed by atoms with Crippen LogP contribution in [0.5, 0.6) is 0 Å². The molecule has 0 fully saturated rings. The molecule has 0 aromatic heterocycles. The van der Waals surface area contributed by atoms with Crippen LogP contribution >= 0.6 is 0 Å². The summed E-state index contributed by atoms with van der Waals surface area (Å²) in [5, 5.41) is 8.76. The molecule has 0 aliphatic rings. The van der Waals surface area contributed by atoms with Crippen LogP contribution in [0.25, 0.3) is 11.1 Å². The smallest absolute Gasteiger partial charge is 0.335 e. The van der Waals surface area contributed by atoms with E-state index in [-0.39, 0.29) is 17.2 Å². The van der Waals surface area contributed by atoms with Crippen LogP contribution in [0.1, 0.15) is 11.7 Å². The van der Waals surface area contributed by atoms with Crippen LogP contribution in [0, 0.1) is 5.82 Å². The fraction of sp³-hybridized carbons (Fsp3) is 0. The van der Waals surface area contributed by atoms with E-state index in [9.17, 15) is 9.18 Å². The zero-order chi connectivity index (χ0) is 12.4. The number of aromatic carboxylic acids is 1. The zero-order valence-electron chi connectivity index (χ0n) is 9.27. The molecule has 0 amide bonds. The van der Waals surface area contributed by atoms with Gasteiger partial charge in [-0.1, -0.05) is 36.4 Å². The molecule has 0 saturated carbocycles. The molecule has 0 radical (unpaired) electrons.